The smallest absolute Gasteiger partial charge is 0.410 e. The molecule has 0 unspecified atom stereocenters. The summed E-state index contributed by atoms with van der Waals surface area (Å²) in [6.07, 6.45) is -0.318. The summed E-state index contributed by atoms with van der Waals surface area (Å²) in [6, 6.07) is 9.46. The topological polar surface area (TPSA) is 90.4 Å². The number of benzene rings is 1. The number of hydrogen-bond acceptors (Lipinski definition) is 5. The van der Waals surface area contributed by atoms with Crippen molar-refractivity contribution in [1.29, 1.82) is 0 Å². The van der Waals surface area contributed by atoms with Crippen LogP contribution in [-0.4, -0.2) is 84.6 Å². The normalized spacial score (nSPS) is 14.9. The SMILES string of the molecule is C[C@@H](C(=O)N1CCN(C(=O)OCc2ccccc2)CC1)N(C)C.O=CO. The van der Waals surface area contributed by atoms with Gasteiger partial charge in [-0.05, 0) is 26.6 Å². The van der Waals surface area contributed by atoms with Crippen molar-refractivity contribution in [2.45, 2.75) is 19.6 Å². The maximum absolute atomic E-state index is 12.3. The molecule has 0 bridgehead atoms. The fourth-order valence-electron chi connectivity index (χ4n) is 2.41. The zero-order valence-electron chi connectivity index (χ0n) is 15.5. The minimum atomic E-state index is -0.318. The van der Waals surface area contributed by atoms with Gasteiger partial charge in [0, 0.05) is 26.2 Å². The molecule has 0 radical (unpaired) electrons. The van der Waals surface area contributed by atoms with Crippen molar-refractivity contribution in [2.75, 3.05) is 40.3 Å². The maximum Gasteiger partial charge on any atom is 0.410 e. The molecule has 26 heavy (non-hydrogen) atoms. The third-order valence-electron chi connectivity index (χ3n) is 4.19. The number of rotatable bonds is 4. The van der Waals surface area contributed by atoms with Crippen LogP contribution < -0.4 is 0 Å². The van der Waals surface area contributed by atoms with E-state index in [2.05, 4.69) is 0 Å². The molecule has 1 aromatic rings. The first kappa shape index (κ1) is 21.4. The van der Waals surface area contributed by atoms with Crippen LogP contribution in [0.4, 0.5) is 4.79 Å². The first-order chi connectivity index (χ1) is 12.4. The highest BCUT2D eigenvalue weighted by atomic mass is 16.6. The molecule has 1 N–H and O–H groups in total. The molecular weight excluding hydrogens is 338 g/mol. The lowest BCUT2D eigenvalue weighted by Gasteiger charge is -2.36. The maximum atomic E-state index is 12.3. The molecule has 8 nitrogen and oxygen atoms in total. The molecular formula is C18H27N3O5. The van der Waals surface area contributed by atoms with Crippen LogP contribution in [0.5, 0.6) is 0 Å². The van der Waals surface area contributed by atoms with Crippen LogP contribution in [0.1, 0.15) is 12.5 Å². The van der Waals surface area contributed by atoms with Gasteiger partial charge in [-0.3, -0.25) is 14.5 Å². The summed E-state index contributed by atoms with van der Waals surface area (Å²) in [5.41, 5.74) is 0.967. The summed E-state index contributed by atoms with van der Waals surface area (Å²) < 4.78 is 5.32. The van der Waals surface area contributed by atoms with Gasteiger partial charge in [-0.25, -0.2) is 4.79 Å². The highest BCUT2D eigenvalue weighted by molar-refractivity contribution is 5.81. The summed E-state index contributed by atoms with van der Waals surface area (Å²) in [5, 5.41) is 6.89. The molecule has 1 aliphatic rings. The molecule has 1 aliphatic heterocycles. The van der Waals surface area contributed by atoms with Gasteiger partial charge in [0.25, 0.3) is 6.47 Å². The second-order valence-electron chi connectivity index (χ2n) is 6.10. The van der Waals surface area contributed by atoms with E-state index in [4.69, 9.17) is 14.6 Å². The summed E-state index contributed by atoms with van der Waals surface area (Å²) in [4.78, 5) is 38.1. The first-order valence-electron chi connectivity index (χ1n) is 8.39. The van der Waals surface area contributed by atoms with Crippen LogP contribution in [-0.2, 0) is 20.9 Å². The van der Waals surface area contributed by atoms with Gasteiger partial charge < -0.3 is 19.6 Å². The summed E-state index contributed by atoms with van der Waals surface area (Å²) in [5.74, 6) is 0.104. The zero-order chi connectivity index (χ0) is 19.5. The molecule has 1 atom stereocenters. The number of likely N-dealkylation sites (N-methyl/N-ethyl adjacent to an activating group) is 1. The number of carbonyl (C=O) groups excluding carboxylic acids is 2. The van der Waals surface area contributed by atoms with Gasteiger partial charge >= 0.3 is 6.09 Å². The van der Waals surface area contributed by atoms with Crippen molar-refractivity contribution in [3.05, 3.63) is 35.9 Å². The van der Waals surface area contributed by atoms with Gasteiger partial charge in [-0.2, -0.15) is 0 Å². The Bertz CT molecular complexity index is 571. The average Bonchev–Trinajstić information content (AvgIpc) is 2.66. The van der Waals surface area contributed by atoms with Crippen molar-refractivity contribution in [3.8, 4) is 0 Å². The van der Waals surface area contributed by atoms with Crippen LogP contribution in [0.3, 0.4) is 0 Å². The molecule has 0 saturated carbocycles. The molecule has 0 spiro atoms. The molecule has 1 heterocycles. The fourth-order valence-corrected chi connectivity index (χ4v) is 2.41. The van der Waals surface area contributed by atoms with E-state index in [1.807, 2.05) is 61.2 Å². The predicted octanol–water partition coefficient (Wildman–Crippen LogP) is 1.12. The molecule has 144 valence electrons. The number of amides is 2. The standard InChI is InChI=1S/C17H25N3O3.CH2O2/c1-14(18(2)3)16(21)19-9-11-20(12-10-19)17(22)23-13-15-7-5-4-6-8-15;2-1-3/h4-8,14H,9-13H2,1-3H3;1H,(H,2,3)/t14-;/m0./s1. The fraction of sp³-hybridized carbons (Fsp3) is 0.500. The van der Waals surface area contributed by atoms with E-state index in [1.54, 1.807) is 4.90 Å². The van der Waals surface area contributed by atoms with E-state index in [0.717, 1.165) is 5.56 Å². The molecule has 2 rings (SSSR count). The van der Waals surface area contributed by atoms with Crippen LogP contribution in [0.2, 0.25) is 0 Å². The van der Waals surface area contributed by atoms with Crippen LogP contribution in [0.15, 0.2) is 30.3 Å². The Kier molecular flexibility index (Phi) is 9.14. The number of ether oxygens (including phenoxy) is 1. The van der Waals surface area contributed by atoms with Crippen molar-refractivity contribution in [3.63, 3.8) is 0 Å². The van der Waals surface area contributed by atoms with E-state index in [0.29, 0.717) is 26.2 Å². The van der Waals surface area contributed by atoms with Crippen LogP contribution in [0, 0.1) is 0 Å². The predicted molar refractivity (Wildman–Crippen MR) is 96.6 cm³/mol. The Hall–Kier alpha value is -2.61. The van der Waals surface area contributed by atoms with Gasteiger partial charge in [0.15, 0.2) is 0 Å². The highest BCUT2D eigenvalue weighted by Gasteiger charge is 2.28. The Labute approximate surface area is 153 Å². The first-order valence-corrected chi connectivity index (χ1v) is 8.39. The van der Waals surface area contributed by atoms with E-state index >= 15 is 0 Å². The zero-order valence-corrected chi connectivity index (χ0v) is 15.5. The minimum absolute atomic E-state index is 0.104. The number of carboxylic acid groups (broad SMARTS) is 1. The van der Waals surface area contributed by atoms with Crippen LogP contribution in [0.25, 0.3) is 0 Å². The Morgan fingerprint density at radius 1 is 1.15 bits per heavy atom. The molecule has 8 heteroatoms. The lowest BCUT2D eigenvalue weighted by Crippen LogP contribution is -2.54. The van der Waals surface area contributed by atoms with E-state index in [1.165, 1.54) is 0 Å². The summed E-state index contributed by atoms with van der Waals surface area (Å²) in [6.45, 7) is 4.05. The molecule has 1 aromatic carbocycles. The van der Waals surface area contributed by atoms with Gasteiger partial charge in [0.05, 0.1) is 6.04 Å². The van der Waals surface area contributed by atoms with E-state index < -0.39 is 0 Å². The highest BCUT2D eigenvalue weighted by Crippen LogP contribution is 2.09. The van der Waals surface area contributed by atoms with Crippen molar-refractivity contribution in [1.82, 2.24) is 14.7 Å². The quantitative estimate of drug-likeness (QED) is 0.804. The monoisotopic (exact) mass is 365 g/mol. The molecule has 1 saturated heterocycles. The molecule has 1 fully saturated rings. The minimum Gasteiger partial charge on any atom is -0.483 e. The molecule has 2 amide bonds. The van der Waals surface area contributed by atoms with Gasteiger partial charge in [-0.15, -0.1) is 0 Å². The van der Waals surface area contributed by atoms with Crippen molar-refractivity contribution < 1.29 is 24.2 Å². The number of nitrogens with zero attached hydrogens (tertiary/aromatic N) is 3. The number of hydrogen-bond donors (Lipinski definition) is 1. The van der Waals surface area contributed by atoms with Gasteiger partial charge in [-0.1, -0.05) is 30.3 Å². The van der Waals surface area contributed by atoms with Crippen molar-refractivity contribution >= 4 is 18.5 Å². The van der Waals surface area contributed by atoms with Crippen LogP contribution >= 0.6 is 0 Å². The Morgan fingerprint density at radius 2 is 1.65 bits per heavy atom. The second-order valence-corrected chi connectivity index (χ2v) is 6.10. The van der Waals surface area contributed by atoms with E-state index in [-0.39, 0.29) is 31.1 Å². The Balaban J connectivity index is 0.00000105. The number of carbonyl (C=O) groups is 3. The number of piperazine rings is 1. The van der Waals surface area contributed by atoms with Gasteiger partial charge in [0.2, 0.25) is 5.91 Å². The molecule has 0 aromatic heterocycles. The third kappa shape index (κ3) is 6.72. The summed E-state index contributed by atoms with van der Waals surface area (Å²) >= 11 is 0. The Morgan fingerprint density at radius 3 is 2.15 bits per heavy atom. The van der Waals surface area contributed by atoms with Crippen molar-refractivity contribution in [2.24, 2.45) is 0 Å². The summed E-state index contributed by atoms with van der Waals surface area (Å²) in [7, 11) is 3.78. The lowest BCUT2D eigenvalue weighted by atomic mass is 10.2. The third-order valence-corrected chi connectivity index (χ3v) is 4.19. The average molecular weight is 365 g/mol. The van der Waals surface area contributed by atoms with Gasteiger partial charge in [0.1, 0.15) is 6.61 Å². The lowest BCUT2D eigenvalue weighted by molar-refractivity contribution is -0.137. The molecule has 0 aliphatic carbocycles. The largest absolute Gasteiger partial charge is 0.483 e. The van der Waals surface area contributed by atoms with E-state index in [9.17, 15) is 9.59 Å². The second kappa shape index (κ2) is 11.1.